The maximum absolute atomic E-state index is 4.51. The third-order valence-corrected chi connectivity index (χ3v) is 5.22. The monoisotopic (exact) mass is 356 g/mol. The zero-order valence-electron chi connectivity index (χ0n) is 14.9. The van der Waals surface area contributed by atoms with Crippen LogP contribution in [0.5, 0.6) is 0 Å². The first-order valence-corrected chi connectivity index (χ1v) is 9.24. The van der Waals surface area contributed by atoms with Crippen LogP contribution in [0.25, 0.3) is 16.6 Å². The van der Waals surface area contributed by atoms with Crippen molar-refractivity contribution in [3.05, 3.63) is 78.6 Å². The van der Waals surface area contributed by atoms with Gasteiger partial charge in [-0.1, -0.05) is 17.3 Å². The Kier molecular flexibility index (Phi) is 4.10. The molecular formula is C21H20N6. The van der Waals surface area contributed by atoms with Crippen molar-refractivity contribution in [2.75, 3.05) is 13.1 Å². The number of hydrogen-bond donors (Lipinski definition) is 0. The van der Waals surface area contributed by atoms with Crippen LogP contribution in [0.3, 0.4) is 0 Å². The SMILES string of the molecule is c1ccc(CN2CC[C@@H](c3nnn4cc(-c5ccncc5)ccc34)C2)nc1. The second-order valence-electron chi connectivity index (χ2n) is 7.00. The molecule has 1 atom stereocenters. The molecule has 134 valence electrons. The smallest absolute Gasteiger partial charge is 0.0949 e. The van der Waals surface area contributed by atoms with E-state index in [0.717, 1.165) is 54.1 Å². The molecule has 0 spiro atoms. The van der Waals surface area contributed by atoms with E-state index < -0.39 is 0 Å². The molecule has 27 heavy (non-hydrogen) atoms. The van der Waals surface area contributed by atoms with Gasteiger partial charge < -0.3 is 0 Å². The van der Waals surface area contributed by atoms with Crippen molar-refractivity contribution in [2.24, 2.45) is 0 Å². The Morgan fingerprint density at radius 2 is 1.89 bits per heavy atom. The van der Waals surface area contributed by atoms with Crippen LogP contribution in [0, 0.1) is 0 Å². The largest absolute Gasteiger partial charge is 0.297 e. The first-order valence-electron chi connectivity index (χ1n) is 9.24. The number of fused-ring (bicyclic) bond motifs is 1. The van der Waals surface area contributed by atoms with E-state index in [-0.39, 0.29) is 0 Å². The van der Waals surface area contributed by atoms with E-state index in [9.17, 15) is 0 Å². The molecule has 1 aliphatic rings. The predicted molar refractivity (Wildman–Crippen MR) is 103 cm³/mol. The van der Waals surface area contributed by atoms with Gasteiger partial charge in [0.1, 0.15) is 0 Å². The van der Waals surface area contributed by atoms with E-state index in [1.807, 2.05) is 41.2 Å². The summed E-state index contributed by atoms with van der Waals surface area (Å²) in [5.74, 6) is 0.415. The van der Waals surface area contributed by atoms with Gasteiger partial charge in [0.05, 0.1) is 16.9 Å². The fraction of sp³-hybridized carbons (Fsp3) is 0.238. The van der Waals surface area contributed by atoms with Gasteiger partial charge in [-0.15, -0.1) is 5.10 Å². The molecule has 6 heteroatoms. The summed E-state index contributed by atoms with van der Waals surface area (Å²) in [6.45, 7) is 2.95. The first-order chi connectivity index (χ1) is 13.4. The number of aromatic nitrogens is 5. The van der Waals surface area contributed by atoms with Gasteiger partial charge in [-0.2, -0.15) is 0 Å². The lowest BCUT2D eigenvalue weighted by atomic mass is 10.0. The molecule has 0 N–H and O–H groups in total. The molecule has 0 unspecified atom stereocenters. The maximum atomic E-state index is 4.51. The minimum absolute atomic E-state index is 0.415. The summed E-state index contributed by atoms with van der Waals surface area (Å²) in [5, 5.41) is 8.89. The molecule has 1 saturated heterocycles. The van der Waals surface area contributed by atoms with E-state index >= 15 is 0 Å². The van der Waals surface area contributed by atoms with E-state index in [4.69, 9.17) is 0 Å². The van der Waals surface area contributed by atoms with Gasteiger partial charge in [-0.05, 0) is 48.9 Å². The Bertz CT molecular complexity index is 1040. The van der Waals surface area contributed by atoms with E-state index in [2.05, 4.69) is 43.4 Å². The third-order valence-electron chi connectivity index (χ3n) is 5.22. The number of likely N-dealkylation sites (tertiary alicyclic amines) is 1. The fourth-order valence-electron chi connectivity index (χ4n) is 3.84. The number of pyridine rings is 3. The summed E-state index contributed by atoms with van der Waals surface area (Å²) in [5.41, 5.74) is 5.56. The highest BCUT2D eigenvalue weighted by Crippen LogP contribution is 2.30. The van der Waals surface area contributed by atoms with Crippen LogP contribution < -0.4 is 0 Å². The van der Waals surface area contributed by atoms with Crippen molar-refractivity contribution >= 4 is 5.52 Å². The Balaban J connectivity index is 1.36. The molecule has 6 nitrogen and oxygen atoms in total. The lowest BCUT2D eigenvalue weighted by Crippen LogP contribution is -2.20. The Labute approximate surface area is 157 Å². The first kappa shape index (κ1) is 16.1. The molecule has 5 heterocycles. The zero-order chi connectivity index (χ0) is 18.1. The van der Waals surface area contributed by atoms with Crippen LogP contribution in [0.4, 0.5) is 0 Å². The van der Waals surface area contributed by atoms with Gasteiger partial charge >= 0.3 is 0 Å². The summed E-state index contributed by atoms with van der Waals surface area (Å²) < 4.78 is 1.90. The average molecular weight is 356 g/mol. The van der Waals surface area contributed by atoms with Crippen molar-refractivity contribution in [1.29, 1.82) is 0 Å². The number of hydrogen-bond acceptors (Lipinski definition) is 5. The van der Waals surface area contributed by atoms with E-state index in [1.54, 1.807) is 12.4 Å². The van der Waals surface area contributed by atoms with E-state index in [1.165, 1.54) is 0 Å². The van der Waals surface area contributed by atoms with Crippen molar-refractivity contribution < 1.29 is 0 Å². The van der Waals surface area contributed by atoms with Crippen LogP contribution >= 0.6 is 0 Å². The second kappa shape index (κ2) is 6.89. The molecule has 4 aromatic rings. The quantitative estimate of drug-likeness (QED) is 0.562. The van der Waals surface area contributed by atoms with Crippen molar-refractivity contribution in [2.45, 2.75) is 18.9 Å². The molecule has 1 aliphatic heterocycles. The highest BCUT2D eigenvalue weighted by Gasteiger charge is 2.27. The molecule has 0 amide bonds. The Morgan fingerprint density at radius 1 is 0.963 bits per heavy atom. The van der Waals surface area contributed by atoms with E-state index in [0.29, 0.717) is 5.92 Å². The Hall–Kier alpha value is -3.12. The predicted octanol–water partition coefficient (Wildman–Crippen LogP) is 3.18. The van der Waals surface area contributed by atoms with Crippen molar-refractivity contribution in [3.63, 3.8) is 0 Å². The number of rotatable bonds is 4. The zero-order valence-corrected chi connectivity index (χ0v) is 14.9. The summed E-state index contributed by atoms with van der Waals surface area (Å²) in [6.07, 6.45) is 8.62. The molecule has 0 bridgehead atoms. The fourth-order valence-corrected chi connectivity index (χ4v) is 3.84. The third kappa shape index (κ3) is 3.19. The molecule has 5 rings (SSSR count). The molecule has 0 radical (unpaired) electrons. The summed E-state index contributed by atoms with van der Waals surface area (Å²) in [7, 11) is 0. The molecule has 4 aromatic heterocycles. The van der Waals surface area contributed by atoms with Crippen LogP contribution in [0.15, 0.2) is 67.3 Å². The summed E-state index contributed by atoms with van der Waals surface area (Å²) in [6, 6.07) is 14.4. The summed E-state index contributed by atoms with van der Waals surface area (Å²) >= 11 is 0. The van der Waals surface area contributed by atoms with Gasteiger partial charge in [0, 0.05) is 49.4 Å². The lowest BCUT2D eigenvalue weighted by Gasteiger charge is -2.14. The van der Waals surface area contributed by atoms with Crippen molar-refractivity contribution in [1.82, 2.24) is 29.7 Å². The van der Waals surface area contributed by atoms with Crippen LogP contribution in [0.1, 0.15) is 23.7 Å². The van der Waals surface area contributed by atoms with Gasteiger partial charge in [0.15, 0.2) is 0 Å². The van der Waals surface area contributed by atoms with Crippen LogP contribution in [-0.4, -0.2) is 42.8 Å². The molecule has 0 saturated carbocycles. The second-order valence-corrected chi connectivity index (χ2v) is 7.00. The highest BCUT2D eigenvalue weighted by atomic mass is 15.4. The normalized spacial score (nSPS) is 17.6. The highest BCUT2D eigenvalue weighted by molar-refractivity contribution is 5.65. The minimum atomic E-state index is 0.415. The maximum Gasteiger partial charge on any atom is 0.0949 e. The Morgan fingerprint density at radius 3 is 2.74 bits per heavy atom. The lowest BCUT2D eigenvalue weighted by molar-refractivity contribution is 0.322. The van der Waals surface area contributed by atoms with Crippen LogP contribution in [-0.2, 0) is 6.54 Å². The average Bonchev–Trinajstić information content (AvgIpc) is 3.35. The number of nitrogens with zero attached hydrogens (tertiary/aromatic N) is 6. The topological polar surface area (TPSA) is 59.2 Å². The van der Waals surface area contributed by atoms with Gasteiger partial charge in [-0.25, -0.2) is 4.52 Å². The molecule has 0 aliphatic carbocycles. The standard InChI is InChI=1S/C21H20N6/c1-2-9-23-19(3-1)15-26-12-8-18(13-26)21-20-5-4-17(14-27(20)25-24-21)16-6-10-22-11-7-16/h1-7,9-11,14,18H,8,12-13,15H2/t18-/m1/s1. The van der Waals surface area contributed by atoms with Crippen molar-refractivity contribution in [3.8, 4) is 11.1 Å². The molecule has 1 fully saturated rings. The van der Waals surface area contributed by atoms with Gasteiger partial charge in [0.25, 0.3) is 0 Å². The minimum Gasteiger partial charge on any atom is -0.297 e. The molecule has 0 aromatic carbocycles. The summed E-state index contributed by atoms with van der Waals surface area (Å²) in [4.78, 5) is 11.0. The molecular weight excluding hydrogens is 336 g/mol. The van der Waals surface area contributed by atoms with Gasteiger partial charge in [0.2, 0.25) is 0 Å². The van der Waals surface area contributed by atoms with Gasteiger partial charge in [-0.3, -0.25) is 14.9 Å². The van der Waals surface area contributed by atoms with Crippen LogP contribution in [0.2, 0.25) is 0 Å².